The predicted molar refractivity (Wildman–Crippen MR) is 67.2 cm³/mol. The van der Waals surface area contributed by atoms with E-state index in [1.807, 2.05) is 31.9 Å². The number of hydrogen-bond donors (Lipinski definition) is 0. The van der Waals surface area contributed by atoms with Crippen LogP contribution in [-0.4, -0.2) is 24.3 Å². The SMILES string of the molecule is CCC(C)C(=O)CN(C)Cc1cccc(F)c1. The molecule has 1 atom stereocenters. The lowest BCUT2D eigenvalue weighted by atomic mass is 10.0. The minimum absolute atomic E-state index is 0.102. The summed E-state index contributed by atoms with van der Waals surface area (Å²) in [6.45, 7) is 4.97. The van der Waals surface area contributed by atoms with Gasteiger partial charge in [-0.05, 0) is 31.2 Å². The first-order valence-electron chi connectivity index (χ1n) is 5.98. The van der Waals surface area contributed by atoms with Crippen molar-refractivity contribution in [3.63, 3.8) is 0 Å². The van der Waals surface area contributed by atoms with Gasteiger partial charge in [0.1, 0.15) is 11.6 Å². The lowest BCUT2D eigenvalue weighted by molar-refractivity contribution is -0.123. The minimum Gasteiger partial charge on any atom is -0.298 e. The summed E-state index contributed by atoms with van der Waals surface area (Å²) >= 11 is 0. The summed E-state index contributed by atoms with van der Waals surface area (Å²) in [5.74, 6) is 0.112. The number of benzene rings is 1. The van der Waals surface area contributed by atoms with E-state index in [1.54, 1.807) is 6.07 Å². The normalized spacial score (nSPS) is 12.8. The van der Waals surface area contributed by atoms with E-state index in [2.05, 4.69) is 0 Å². The van der Waals surface area contributed by atoms with Gasteiger partial charge in [-0.1, -0.05) is 26.0 Å². The van der Waals surface area contributed by atoms with Gasteiger partial charge in [0.25, 0.3) is 0 Å². The molecule has 0 N–H and O–H groups in total. The Hall–Kier alpha value is -1.22. The van der Waals surface area contributed by atoms with E-state index in [4.69, 9.17) is 0 Å². The number of carbonyl (C=O) groups is 1. The molecular formula is C14H20FNO. The minimum atomic E-state index is -0.232. The molecule has 0 aliphatic rings. The van der Waals surface area contributed by atoms with Crippen molar-refractivity contribution < 1.29 is 9.18 Å². The molecule has 0 bridgehead atoms. The Bertz CT molecular complexity index is 378. The second-order valence-electron chi connectivity index (χ2n) is 4.58. The Morgan fingerprint density at radius 3 is 2.76 bits per heavy atom. The molecule has 0 aliphatic carbocycles. The average molecular weight is 237 g/mol. The van der Waals surface area contributed by atoms with E-state index >= 15 is 0 Å². The molecule has 0 fully saturated rings. The Labute approximate surface area is 102 Å². The highest BCUT2D eigenvalue weighted by Gasteiger charge is 2.13. The Morgan fingerprint density at radius 1 is 1.47 bits per heavy atom. The highest BCUT2D eigenvalue weighted by atomic mass is 19.1. The van der Waals surface area contributed by atoms with Gasteiger partial charge in [0.2, 0.25) is 0 Å². The van der Waals surface area contributed by atoms with Gasteiger partial charge in [-0.15, -0.1) is 0 Å². The van der Waals surface area contributed by atoms with Crippen molar-refractivity contribution in [2.45, 2.75) is 26.8 Å². The molecule has 0 spiro atoms. The van der Waals surface area contributed by atoms with Gasteiger partial charge in [0.05, 0.1) is 6.54 Å². The largest absolute Gasteiger partial charge is 0.298 e. The van der Waals surface area contributed by atoms with E-state index in [0.717, 1.165) is 12.0 Å². The molecule has 3 heteroatoms. The predicted octanol–water partition coefficient (Wildman–Crippen LogP) is 2.87. The van der Waals surface area contributed by atoms with Crippen LogP contribution < -0.4 is 0 Å². The van der Waals surface area contributed by atoms with Crippen LogP contribution in [-0.2, 0) is 11.3 Å². The van der Waals surface area contributed by atoms with Crippen molar-refractivity contribution in [3.8, 4) is 0 Å². The van der Waals surface area contributed by atoms with Gasteiger partial charge >= 0.3 is 0 Å². The number of rotatable bonds is 6. The third-order valence-electron chi connectivity index (χ3n) is 2.93. The van der Waals surface area contributed by atoms with E-state index < -0.39 is 0 Å². The number of Topliss-reactive ketones (excluding diaryl/α,β-unsaturated/α-hetero) is 1. The van der Waals surface area contributed by atoms with Crippen LogP contribution in [0.1, 0.15) is 25.8 Å². The zero-order valence-electron chi connectivity index (χ0n) is 10.7. The van der Waals surface area contributed by atoms with Gasteiger partial charge in [-0.3, -0.25) is 9.69 Å². The van der Waals surface area contributed by atoms with Crippen LogP contribution in [0, 0.1) is 11.7 Å². The fraction of sp³-hybridized carbons (Fsp3) is 0.500. The molecule has 0 aromatic heterocycles. The maximum Gasteiger partial charge on any atom is 0.149 e. The summed E-state index contributed by atoms with van der Waals surface area (Å²) < 4.78 is 13.0. The number of ketones is 1. The highest BCUT2D eigenvalue weighted by Crippen LogP contribution is 2.08. The standard InChI is InChI=1S/C14H20FNO/c1-4-11(2)14(17)10-16(3)9-12-6-5-7-13(15)8-12/h5-8,11H,4,9-10H2,1-3H3. The Kier molecular flexibility index (Phi) is 5.29. The smallest absolute Gasteiger partial charge is 0.149 e. The summed E-state index contributed by atoms with van der Waals surface area (Å²) in [7, 11) is 1.88. The van der Waals surface area contributed by atoms with Crippen LogP contribution in [0.3, 0.4) is 0 Å². The summed E-state index contributed by atoms with van der Waals surface area (Å²) in [6, 6.07) is 6.49. The topological polar surface area (TPSA) is 20.3 Å². The van der Waals surface area contributed by atoms with Crippen LogP contribution in [0.4, 0.5) is 4.39 Å². The number of nitrogens with zero attached hydrogens (tertiary/aromatic N) is 1. The zero-order chi connectivity index (χ0) is 12.8. The molecule has 1 aromatic carbocycles. The van der Waals surface area contributed by atoms with Gasteiger partial charge < -0.3 is 0 Å². The van der Waals surface area contributed by atoms with Crippen LogP contribution in [0.25, 0.3) is 0 Å². The number of halogens is 1. The van der Waals surface area contributed by atoms with Gasteiger partial charge in [-0.2, -0.15) is 0 Å². The number of carbonyl (C=O) groups excluding carboxylic acids is 1. The number of likely N-dealkylation sites (N-methyl/N-ethyl adjacent to an activating group) is 1. The highest BCUT2D eigenvalue weighted by molar-refractivity contribution is 5.82. The van der Waals surface area contributed by atoms with E-state index in [0.29, 0.717) is 13.1 Å². The first kappa shape index (κ1) is 13.8. The van der Waals surface area contributed by atoms with Gasteiger partial charge in [-0.25, -0.2) is 4.39 Å². The second kappa shape index (κ2) is 6.50. The van der Waals surface area contributed by atoms with Crippen molar-refractivity contribution in [1.29, 1.82) is 0 Å². The lowest BCUT2D eigenvalue weighted by Crippen LogP contribution is -2.28. The zero-order valence-corrected chi connectivity index (χ0v) is 10.7. The molecule has 0 saturated heterocycles. The van der Waals surface area contributed by atoms with Crippen molar-refractivity contribution >= 4 is 5.78 Å². The van der Waals surface area contributed by atoms with Crippen LogP contribution in [0.2, 0.25) is 0 Å². The first-order valence-corrected chi connectivity index (χ1v) is 5.98. The van der Waals surface area contributed by atoms with Crippen molar-refractivity contribution in [1.82, 2.24) is 4.90 Å². The summed E-state index contributed by atoms with van der Waals surface area (Å²) in [4.78, 5) is 13.6. The van der Waals surface area contributed by atoms with E-state index in [9.17, 15) is 9.18 Å². The first-order chi connectivity index (χ1) is 8.02. The molecule has 0 aliphatic heterocycles. The molecule has 0 saturated carbocycles. The Balaban J connectivity index is 2.50. The third kappa shape index (κ3) is 4.65. The maximum atomic E-state index is 13.0. The molecule has 1 rings (SSSR count). The molecule has 0 radical (unpaired) electrons. The molecule has 2 nitrogen and oxygen atoms in total. The van der Waals surface area contributed by atoms with Crippen LogP contribution in [0.5, 0.6) is 0 Å². The monoisotopic (exact) mass is 237 g/mol. The molecule has 0 amide bonds. The Morgan fingerprint density at radius 2 is 2.18 bits per heavy atom. The number of hydrogen-bond acceptors (Lipinski definition) is 2. The van der Waals surface area contributed by atoms with Crippen molar-refractivity contribution in [2.75, 3.05) is 13.6 Å². The molecule has 94 valence electrons. The quantitative estimate of drug-likeness (QED) is 0.758. The summed E-state index contributed by atoms with van der Waals surface area (Å²) in [5.41, 5.74) is 0.893. The lowest BCUT2D eigenvalue weighted by Gasteiger charge is -2.17. The van der Waals surface area contributed by atoms with Gasteiger partial charge in [0.15, 0.2) is 0 Å². The van der Waals surface area contributed by atoms with Crippen LogP contribution in [0.15, 0.2) is 24.3 Å². The van der Waals surface area contributed by atoms with E-state index in [-0.39, 0.29) is 17.5 Å². The van der Waals surface area contributed by atoms with Crippen molar-refractivity contribution in [2.24, 2.45) is 5.92 Å². The maximum absolute atomic E-state index is 13.0. The summed E-state index contributed by atoms with van der Waals surface area (Å²) in [5, 5.41) is 0. The fourth-order valence-electron chi connectivity index (χ4n) is 1.65. The second-order valence-corrected chi connectivity index (χ2v) is 4.58. The van der Waals surface area contributed by atoms with Crippen LogP contribution >= 0.6 is 0 Å². The molecule has 17 heavy (non-hydrogen) atoms. The molecule has 1 unspecified atom stereocenters. The average Bonchev–Trinajstić information content (AvgIpc) is 2.27. The molecule has 0 heterocycles. The third-order valence-corrected chi connectivity index (χ3v) is 2.93. The van der Waals surface area contributed by atoms with Gasteiger partial charge in [0, 0.05) is 12.5 Å². The van der Waals surface area contributed by atoms with Crippen molar-refractivity contribution in [3.05, 3.63) is 35.6 Å². The molecule has 1 aromatic rings. The fourth-order valence-corrected chi connectivity index (χ4v) is 1.65. The summed E-state index contributed by atoms with van der Waals surface area (Å²) in [6.07, 6.45) is 0.868. The molecular weight excluding hydrogens is 217 g/mol. The van der Waals surface area contributed by atoms with E-state index in [1.165, 1.54) is 12.1 Å².